The van der Waals surface area contributed by atoms with Crippen molar-refractivity contribution in [2.75, 3.05) is 26.2 Å². The molecule has 1 amide bonds. The second-order valence-electron chi connectivity index (χ2n) is 5.64. The largest absolute Gasteiger partial charge is 0.480 e. The van der Waals surface area contributed by atoms with Crippen LogP contribution in [0.4, 0.5) is 0 Å². The number of carboxylic acid groups (broad SMARTS) is 1. The minimum absolute atomic E-state index is 0.190. The van der Waals surface area contributed by atoms with Gasteiger partial charge in [0.25, 0.3) is 0 Å². The highest BCUT2D eigenvalue weighted by Crippen LogP contribution is 2.36. The van der Waals surface area contributed by atoms with E-state index in [-0.39, 0.29) is 5.91 Å². The fourth-order valence-corrected chi connectivity index (χ4v) is 2.26. The van der Waals surface area contributed by atoms with E-state index in [4.69, 9.17) is 5.11 Å². The second-order valence-corrected chi connectivity index (χ2v) is 5.64. The molecule has 1 saturated carbocycles. The molecule has 0 bridgehead atoms. The molecule has 1 saturated heterocycles. The van der Waals surface area contributed by atoms with E-state index in [0.29, 0.717) is 12.8 Å². The van der Waals surface area contributed by atoms with E-state index in [0.717, 1.165) is 26.2 Å². The molecule has 1 aliphatic carbocycles. The molecule has 2 aliphatic rings. The molecule has 0 spiro atoms. The van der Waals surface area contributed by atoms with Gasteiger partial charge < -0.3 is 15.7 Å². The first kappa shape index (κ1) is 13.3. The highest BCUT2D eigenvalue weighted by Gasteiger charge is 2.53. The molecule has 2 fully saturated rings. The van der Waals surface area contributed by atoms with Crippen molar-refractivity contribution < 1.29 is 14.7 Å². The van der Waals surface area contributed by atoms with E-state index >= 15 is 0 Å². The molecular formula is C12H21N3O3. The van der Waals surface area contributed by atoms with E-state index in [9.17, 15) is 9.59 Å². The van der Waals surface area contributed by atoms with Crippen molar-refractivity contribution in [2.24, 2.45) is 0 Å². The van der Waals surface area contributed by atoms with E-state index in [1.54, 1.807) is 0 Å². The van der Waals surface area contributed by atoms with Gasteiger partial charge in [-0.3, -0.25) is 9.69 Å². The lowest BCUT2D eigenvalue weighted by atomic mass is 9.99. The number of rotatable bonds is 4. The zero-order valence-electron chi connectivity index (χ0n) is 11.0. The third kappa shape index (κ3) is 2.35. The fourth-order valence-electron chi connectivity index (χ4n) is 2.26. The number of hydrogen-bond acceptors (Lipinski definition) is 4. The zero-order chi connectivity index (χ0) is 13.4. The Labute approximate surface area is 107 Å². The van der Waals surface area contributed by atoms with E-state index in [1.807, 2.05) is 13.8 Å². The van der Waals surface area contributed by atoms with Crippen LogP contribution in [-0.2, 0) is 9.59 Å². The first-order valence-corrected chi connectivity index (χ1v) is 6.40. The summed E-state index contributed by atoms with van der Waals surface area (Å²) in [6, 6.07) is 0. The molecule has 0 unspecified atom stereocenters. The predicted molar refractivity (Wildman–Crippen MR) is 66.3 cm³/mol. The molecule has 3 N–H and O–H groups in total. The van der Waals surface area contributed by atoms with Crippen LogP contribution in [0.3, 0.4) is 0 Å². The van der Waals surface area contributed by atoms with Gasteiger partial charge in [0.2, 0.25) is 5.91 Å². The lowest BCUT2D eigenvalue weighted by molar-refractivity contribution is -0.145. The van der Waals surface area contributed by atoms with Gasteiger partial charge in [0.05, 0.1) is 5.54 Å². The van der Waals surface area contributed by atoms with Crippen molar-refractivity contribution in [1.82, 2.24) is 15.5 Å². The van der Waals surface area contributed by atoms with Gasteiger partial charge in [0.15, 0.2) is 0 Å². The van der Waals surface area contributed by atoms with Crippen molar-refractivity contribution in [3.8, 4) is 0 Å². The molecular weight excluding hydrogens is 234 g/mol. The minimum atomic E-state index is -0.998. The quantitative estimate of drug-likeness (QED) is 0.625. The fraction of sp³-hybridized carbons (Fsp3) is 0.833. The molecule has 1 heterocycles. The highest BCUT2D eigenvalue weighted by molar-refractivity contribution is 5.93. The number of nitrogens with zero attached hydrogens (tertiary/aromatic N) is 1. The molecule has 0 aromatic rings. The number of carbonyl (C=O) groups excluding carboxylic acids is 1. The minimum Gasteiger partial charge on any atom is -0.480 e. The van der Waals surface area contributed by atoms with Gasteiger partial charge in [-0.1, -0.05) is 0 Å². The lowest BCUT2D eigenvalue weighted by Crippen LogP contribution is -2.62. The molecule has 18 heavy (non-hydrogen) atoms. The monoisotopic (exact) mass is 255 g/mol. The van der Waals surface area contributed by atoms with Crippen molar-refractivity contribution in [3.63, 3.8) is 0 Å². The second kappa shape index (κ2) is 4.51. The lowest BCUT2D eigenvalue weighted by Gasteiger charge is -2.40. The Morgan fingerprint density at radius 2 is 1.83 bits per heavy atom. The Kier molecular flexibility index (Phi) is 3.33. The summed E-state index contributed by atoms with van der Waals surface area (Å²) >= 11 is 0. The molecule has 0 radical (unpaired) electrons. The summed E-state index contributed by atoms with van der Waals surface area (Å²) in [5, 5.41) is 15.0. The van der Waals surface area contributed by atoms with Gasteiger partial charge in [0, 0.05) is 26.2 Å². The van der Waals surface area contributed by atoms with Gasteiger partial charge in [-0.05, 0) is 26.7 Å². The maximum absolute atomic E-state index is 12.3. The van der Waals surface area contributed by atoms with Crippen LogP contribution in [-0.4, -0.2) is 59.1 Å². The summed E-state index contributed by atoms with van der Waals surface area (Å²) in [6.07, 6.45) is 1.07. The summed E-state index contributed by atoms with van der Waals surface area (Å²) in [5.41, 5.74) is -1.66. The number of carboxylic acids is 1. The van der Waals surface area contributed by atoms with Crippen LogP contribution in [0.1, 0.15) is 26.7 Å². The van der Waals surface area contributed by atoms with E-state index in [2.05, 4.69) is 15.5 Å². The topological polar surface area (TPSA) is 81.7 Å². The molecule has 1 aliphatic heterocycles. The molecule has 0 atom stereocenters. The average molecular weight is 255 g/mol. The molecule has 0 aromatic heterocycles. The Balaban J connectivity index is 2.00. The van der Waals surface area contributed by atoms with Crippen molar-refractivity contribution in [3.05, 3.63) is 0 Å². The Morgan fingerprint density at radius 1 is 1.28 bits per heavy atom. The normalized spacial score (nSPS) is 23.4. The van der Waals surface area contributed by atoms with Crippen LogP contribution in [0.25, 0.3) is 0 Å². The maximum Gasteiger partial charge on any atom is 0.329 e. The average Bonchev–Trinajstić information content (AvgIpc) is 3.11. The van der Waals surface area contributed by atoms with Crippen LogP contribution in [0, 0.1) is 0 Å². The van der Waals surface area contributed by atoms with Crippen LogP contribution >= 0.6 is 0 Å². The Bertz CT molecular complexity index is 358. The van der Waals surface area contributed by atoms with Gasteiger partial charge in [0.1, 0.15) is 5.54 Å². The zero-order valence-corrected chi connectivity index (χ0v) is 11.0. The Morgan fingerprint density at radius 3 is 2.28 bits per heavy atom. The molecule has 6 nitrogen and oxygen atoms in total. The van der Waals surface area contributed by atoms with Crippen LogP contribution in [0.2, 0.25) is 0 Å². The molecule has 2 rings (SSSR count). The van der Waals surface area contributed by atoms with Gasteiger partial charge in [-0.25, -0.2) is 4.79 Å². The van der Waals surface area contributed by atoms with Crippen LogP contribution in [0.15, 0.2) is 0 Å². The Hall–Kier alpha value is -1.14. The SMILES string of the molecule is CC(C)(C(=O)NC1(C(=O)O)CC1)N1CCNCC1. The first-order chi connectivity index (χ1) is 8.38. The number of piperazine rings is 1. The van der Waals surface area contributed by atoms with E-state index < -0.39 is 17.0 Å². The van der Waals surface area contributed by atoms with Crippen molar-refractivity contribution in [1.29, 1.82) is 0 Å². The third-order valence-electron chi connectivity index (χ3n) is 3.98. The van der Waals surface area contributed by atoms with Crippen molar-refractivity contribution in [2.45, 2.75) is 37.8 Å². The predicted octanol–water partition coefficient (Wildman–Crippen LogP) is -0.596. The summed E-state index contributed by atoms with van der Waals surface area (Å²) in [4.78, 5) is 25.5. The van der Waals surface area contributed by atoms with Crippen LogP contribution < -0.4 is 10.6 Å². The third-order valence-corrected chi connectivity index (χ3v) is 3.98. The standard InChI is InChI=1S/C12H21N3O3/c1-11(2,15-7-5-13-6-8-15)9(16)14-12(3-4-12)10(17)18/h13H,3-8H2,1-2H3,(H,14,16)(H,17,18). The van der Waals surface area contributed by atoms with Gasteiger partial charge >= 0.3 is 5.97 Å². The summed E-state index contributed by atoms with van der Waals surface area (Å²) < 4.78 is 0. The number of aliphatic carboxylic acids is 1. The molecule has 6 heteroatoms. The maximum atomic E-state index is 12.3. The smallest absolute Gasteiger partial charge is 0.329 e. The highest BCUT2D eigenvalue weighted by atomic mass is 16.4. The summed E-state index contributed by atoms with van der Waals surface area (Å²) in [5.74, 6) is -1.11. The molecule has 0 aromatic carbocycles. The number of amides is 1. The van der Waals surface area contributed by atoms with Crippen LogP contribution in [0.5, 0.6) is 0 Å². The number of hydrogen-bond donors (Lipinski definition) is 3. The van der Waals surface area contributed by atoms with Gasteiger partial charge in [-0.2, -0.15) is 0 Å². The van der Waals surface area contributed by atoms with Gasteiger partial charge in [-0.15, -0.1) is 0 Å². The van der Waals surface area contributed by atoms with E-state index in [1.165, 1.54) is 0 Å². The number of carbonyl (C=O) groups is 2. The van der Waals surface area contributed by atoms with Crippen molar-refractivity contribution >= 4 is 11.9 Å². The summed E-state index contributed by atoms with van der Waals surface area (Å²) in [6.45, 7) is 7.04. The first-order valence-electron chi connectivity index (χ1n) is 6.40. The molecule has 102 valence electrons. The number of nitrogens with one attached hydrogen (secondary N) is 2. The summed E-state index contributed by atoms with van der Waals surface area (Å²) in [7, 11) is 0.